The van der Waals surface area contributed by atoms with E-state index in [-0.39, 0.29) is 17.9 Å². The van der Waals surface area contributed by atoms with Gasteiger partial charge in [-0.1, -0.05) is 0 Å². The molecule has 0 saturated heterocycles. The summed E-state index contributed by atoms with van der Waals surface area (Å²) in [5.74, 6) is -2.14. The van der Waals surface area contributed by atoms with Gasteiger partial charge < -0.3 is 9.26 Å². The van der Waals surface area contributed by atoms with Crippen molar-refractivity contribution in [3.63, 3.8) is 0 Å². The molecule has 0 saturated carbocycles. The molecule has 20 heavy (non-hydrogen) atoms. The van der Waals surface area contributed by atoms with Gasteiger partial charge in [-0.3, -0.25) is 4.79 Å². The molecule has 0 aliphatic heterocycles. The number of rotatable bonds is 4. The fourth-order valence-electron chi connectivity index (χ4n) is 1.60. The van der Waals surface area contributed by atoms with E-state index in [1.807, 2.05) is 0 Å². The van der Waals surface area contributed by atoms with Gasteiger partial charge in [0.05, 0.1) is 6.61 Å². The molecule has 1 aromatic carbocycles. The Morgan fingerprint density at radius 2 is 1.95 bits per heavy atom. The van der Waals surface area contributed by atoms with Crippen LogP contribution in [0.4, 0.5) is 4.39 Å². The van der Waals surface area contributed by atoms with Crippen molar-refractivity contribution in [2.45, 2.75) is 6.92 Å². The molecule has 6 nitrogen and oxygen atoms in total. The molecule has 0 fully saturated rings. The van der Waals surface area contributed by atoms with Gasteiger partial charge in [0, 0.05) is 5.56 Å². The number of hydrogen-bond donors (Lipinski definition) is 1. The van der Waals surface area contributed by atoms with Crippen LogP contribution < -0.4 is 5.63 Å². The van der Waals surface area contributed by atoms with Crippen LogP contribution in [0.5, 0.6) is 0 Å². The number of halogens is 1. The average Bonchev–Trinajstić information content (AvgIpc) is 2.81. The molecule has 0 spiro atoms. The minimum atomic E-state index is -0.984. The summed E-state index contributed by atoms with van der Waals surface area (Å²) < 4.78 is 22.0. The molecule has 0 unspecified atom stereocenters. The van der Waals surface area contributed by atoms with Crippen molar-refractivity contribution in [3.05, 3.63) is 57.3 Å². The SMILES string of the molecule is CCOC(=O)c1[nH]oc(=O)c1C(=O)c1ccc(F)cc1. The fraction of sp³-hybridized carbons (Fsp3) is 0.154. The first-order valence-electron chi connectivity index (χ1n) is 5.73. The normalized spacial score (nSPS) is 10.3. The third-order valence-electron chi connectivity index (χ3n) is 2.51. The predicted molar refractivity (Wildman–Crippen MR) is 65.1 cm³/mol. The van der Waals surface area contributed by atoms with E-state index in [0.29, 0.717) is 0 Å². The number of H-pyrrole nitrogens is 1. The van der Waals surface area contributed by atoms with Gasteiger partial charge in [0.15, 0.2) is 5.69 Å². The number of aromatic nitrogens is 1. The lowest BCUT2D eigenvalue weighted by atomic mass is 10.0. The first kappa shape index (κ1) is 13.7. The summed E-state index contributed by atoms with van der Waals surface area (Å²) in [7, 11) is 0. The molecule has 2 rings (SSSR count). The molecule has 104 valence electrons. The second kappa shape index (κ2) is 5.52. The maximum Gasteiger partial charge on any atom is 0.369 e. The standard InChI is InChI=1S/C13H10FNO5/c1-2-19-13(18)10-9(12(17)20-15-10)11(16)7-3-5-8(14)6-4-7/h3-6,15H,2H2,1H3. The van der Waals surface area contributed by atoms with Crippen LogP contribution in [-0.2, 0) is 4.74 Å². The van der Waals surface area contributed by atoms with Crippen LogP contribution in [-0.4, -0.2) is 23.5 Å². The summed E-state index contributed by atoms with van der Waals surface area (Å²) in [6, 6.07) is 4.56. The first-order valence-corrected chi connectivity index (χ1v) is 5.73. The summed E-state index contributed by atoms with van der Waals surface area (Å²) in [5, 5.41) is 2.06. The third kappa shape index (κ3) is 2.51. The van der Waals surface area contributed by atoms with Gasteiger partial charge >= 0.3 is 11.6 Å². The average molecular weight is 279 g/mol. The molecule has 0 atom stereocenters. The summed E-state index contributed by atoms with van der Waals surface area (Å²) in [4.78, 5) is 35.3. The summed E-state index contributed by atoms with van der Waals surface area (Å²) >= 11 is 0. The molecule has 0 amide bonds. The molecule has 0 bridgehead atoms. The van der Waals surface area contributed by atoms with Crippen molar-refractivity contribution in [3.8, 4) is 0 Å². The van der Waals surface area contributed by atoms with Crippen molar-refractivity contribution >= 4 is 11.8 Å². The number of carbonyl (C=O) groups excluding carboxylic acids is 2. The highest BCUT2D eigenvalue weighted by Gasteiger charge is 2.26. The molecule has 2 aromatic rings. The number of ketones is 1. The van der Waals surface area contributed by atoms with Crippen molar-refractivity contribution in [1.82, 2.24) is 5.16 Å². The van der Waals surface area contributed by atoms with Gasteiger partial charge in [0.2, 0.25) is 5.78 Å². The van der Waals surface area contributed by atoms with Gasteiger partial charge in [-0.05, 0) is 31.2 Å². The second-order valence-electron chi connectivity index (χ2n) is 3.80. The van der Waals surface area contributed by atoms with E-state index >= 15 is 0 Å². The number of esters is 1. The minimum absolute atomic E-state index is 0.0591. The molecule has 7 heteroatoms. The number of nitrogens with one attached hydrogen (secondary N) is 1. The Kier molecular flexibility index (Phi) is 3.79. The monoisotopic (exact) mass is 279 g/mol. The van der Waals surface area contributed by atoms with Crippen molar-refractivity contribution in [2.24, 2.45) is 0 Å². The Labute approximate surface area is 112 Å². The Morgan fingerprint density at radius 3 is 2.55 bits per heavy atom. The Hall–Kier alpha value is -2.70. The quantitative estimate of drug-likeness (QED) is 0.677. The lowest BCUT2D eigenvalue weighted by molar-refractivity contribution is 0.0512. The molecule has 1 N–H and O–H groups in total. The van der Waals surface area contributed by atoms with E-state index in [4.69, 9.17) is 4.74 Å². The molecule has 0 aliphatic carbocycles. The van der Waals surface area contributed by atoms with E-state index in [1.165, 1.54) is 12.1 Å². The molecule has 1 heterocycles. The Morgan fingerprint density at radius 1 is 1.30 bits per heavy atom. The predicted octanol–water partition coefficient (Wildman–Crippen LogP) is 1.51. The van der Waals surface area contributed by atoms with Crippen molar-refractivity contribution in [1.29, 1.82) is 0 Å². The second-order valence-corrected chi connectivity index (χ2v) is 3.80. The maximum atomic E-state index is 12.8. The molecule has 0 aliphatic rings. The number of carbonyl (C=O) groups is 2. The van der Waals surface area contributed by atoms with Gasteiger partial charge in [-0.25, -0.2) is 19.1 Å². The fourth-order valence-corrected chi connectivity index (χ4v) is 1.60. The van der Waals surface area contributed by atoms with Gasteiger partial charge in [-0.15, -0.1) is 0 Å². The highest BCUT2D eigenvalue weighted by atomic mass is 19.1. The Balaban J connectivity index is 2.44. The van der Waals surface area contributed by atoms with E-state index in [2.05, 4.69) is 9.68 Å². The van der Waals surface area contributed by atoms with E-state index in [0.717, 1.165) is 12.1 Å². The van der Waals surface area contributed by atoms with Crippen LogP contribution in [0.2, 0.25) is 0 Å². The van der Waals surface area contributed by atoms with Crippen LogP contribution >= 0.6 is 0 Å². The van der Waals surface area contributed by atoms with Gasteiger partial charge in [0.1, 0.15) is 11.4 Å². The maximum absolute atomic E-state index is 12.8. The van der Waals surface area contributed by atoms with Crippen molar-refractivity contribution < 1.29 is 23.2 Å². The summed E-state index contributed by atoms with van der Waals surface area (Å²) in [5.41, 5.74) is -1.74. The smallest absolute Gasteiger partial charge is 0.369 e. The van der Waals surface area contributed by atoms with Gasteiger partial charge in [-0.2, -0.15) is 0 Å². The van der Waals surface area contributed by atoms with Crippen LogP contribution in [0.25, 0.3) is 0 Å². The highest BCUT2D eigenvalue weighted by molar-refractivity contribution is 6.13. The summed E-state index contributed by atoms with van der Waals surface area (Å²) in [6.45, 7) is 1.66. The number of benzene rings is 1. The van der Waals surface area contributed by atoms with Crippen LogP contribution in [0.3, 0.4) is 0 Å². The zero-order valence-electron chi connectivity index (χ0n) is 10.4. The molecule has 1 aromatic heterocycles. The number of ether oxygens (including phenoxy) is 1. The lowest BCUT2D eigenvalue weighted by Crippen LogP contribution is -2.17. The third-order valence-corrected chi connectivity index (χ3v) is 2.51. The highest BCUT2D eigenvalue weighted by Crippen LogP contribution is 2.12. The molecular formula is C13H10FNO5. The van der Waals surface area contributed by atoms with Crippen LogP contribution in [0, 0.1) is 5.82 Å². The topological polar surface area (TPSA) is 89.4 Å². The van der Waals surface area contributed by atoms with E-state index in [9.17, 15) is 18.8 Å². The Bertz CT molecular complexity index is 698. The van der Waals surface area contributed by atoms with E-state index < -0.39 is 28.8 Å². The molecule has 0 radical (unpaired) electrons. The van der Waals surface area contributed by atoms with Crippen molar-refractivity contribution in [2.75, 3.05) is 6.61 Å². The summed E-state index contributed by atoms with van der Waals surface area (Å²) in [6.07, 6.45) is 0. The number of aromatic amines is 1. The van der Waals surface area contributed by atoms with Crippen LogP contribution in [0.15, 0.2) is 33.6 Å². The molecular weight excluding hydrogens is 269 g/mol. The zero-order valence-corrected chi connectivity index (χ0v) is 10.4. The first-order chi connectivity index (χ1) is 9.54. The van der Waals surface area contributed by atoms with E-state index in [1.54, 1.807) is 6.92 Å². The lowest BCUT2D eigenvalue weighted by Gasteiger charge is -2.01. The number of hydrogen-bond acceptors (Lipinski definition) is 5. The zero-order chi connectivity index (χ0) is 14.7. The van der Waals surface area contributed by atoms with Crippen LogP contribution in [0.1, 0.15) is 33.3 Å². The minimum Gasteiger partial charge on any atom is -0.461 e. The van der Waals surface area contributed by atoms with Gasteiger partial charge in [0.25, 0.3) is 0 Å². The largest absolute Gasteiger partial charge is 0.461 e.